The average molecular weight is 264 g/mol. The number of amides is 1. The standard InChI is InChI=1S/C15H12N4O/c20-15(14-8-4-5-9-16-14)18-12-10-17-19(11-12)13-6-2-1-3-7-13/h1-11H,(H,18,20). The lowest BCUT2D eigenvalue weighted by atomic mass is 10.3. The quantitative estimate of drug-likeness (QED) is 0.790. The third-order valence-corrected chi connectivity index (χ3v) is 2.76. The number of anilines is 1. The van der Waals surface area contributed by atoms with E-state index in [1.54, 1.807) is 41.5 Å². The number of pyridine rings is 1. The maximum Gasteiger partial charge on any atom is 0.274 e. The zero-order valence-corrected chi connectivity index (χ0v) is 10.6. The van der Waals surface area contributed by atoms with E-state index in [1.165, 1.54) is 0 Å². The third kappa shape index (κ3) is 2.56. The van der Waals surface area contributed by atoms with E-state index in [-0.39, 0.29) is 5.91 Å². The molecule has 0 atom stereocenters. The van der Waals surface area contributed by atoms with Crippen LogP contribution in [0.25, 0.3) is 5.69 Å². The van der Waals surface area contributed by atoms with Gasteiger partial charge in [0.25, 0.3) is 5.91 Å². The van der Waals surface area contributed by atoms with Crippen LogP contribution >= 0.6 is 0 Å². The Balaban J connectivity index is 1.77. The molecule has 20 heavy (non-hydrogen) atoms. The Morgan fingerprint density at radius 1 is 1.05 bits per heavy atom. The highest BCUT2D eigenvalue weighted by molar-refractivity contribution is 6.02. The van der Waals surface area contributed by atoms with Crippen molar-refractivity contribution in [2.75, 3.05) is 5.32 Å². The van der Waals surface area contributed by atoms with E-state index in [1.807, 2.05) is 30.3 Å². The highest BCUT2D eigenvalue weighted by Gasteiger charge is 2.08. The van der Waals surface area contributed by atoms with Crippen LogP contribution in [0.5, 0.6) is 0 Å². The van der Waals surface area contributed by atoms with Crippen LogP contribution in [0, 0.1) is 0 Å². The number of aromatic nitrogens is 3. The number of carbonyl (C=O) groups excluding carboxylic acids is 1. The first kappa shape index (κ1) is 12.1. The van der Waals surface area contributed by atoms with E-state index in [0.717, 1.165) is 5.69 Å². The van der Waals surface area contributed by atoms with E-state index in [0.29, 0.717) is 11.4 Å². The van der Waals surface area contributed by atoms with Gasteiger partial charge in [0.2, 0.25) is 0 Å². The second kappa shape index (κ2) is 5.36. The summed E-state index contributed by atoms with van der Waals surface area (Å²) in [6.45, 7) is 0. The molecule has 0 unspecified atom stereocenters. The molecule has 1 N–H and O–H groups in total. The summed E-state index contributed by atoms with van der Waals surface area (Å²) in [6.07, 6.45) is 4.95. The summed E-state index contributed by atoms with van der Waals surface area (Å²) in [6, 6.07) is 14.9. The number of nitrogens with zero attached hydrogens (tertiary/aromatic N) is 3. The summed E-state index contributed by atoms with van der Waals surface area (Å²) >= 11 is 0. The van der Waals surface area contributed by atoms with Crippen LogP contribution < -0.4 is 5.32 Å². The minimum absolute atomic E-state index is 0.252. The SMILES string of the molecule is O=C(Nc1cnn(-c2ccccc2)c1)c1ccccn1. The number of para-hydroxylation sites is 1. The maximum atomic E-state index is 11.9. The smallest absolute Gasteiger partial charge is 0.274 e. The number of hydrogen-bond donors (Lipinski definition) is 1. The van der Waals surface area contributed by atoms with Crippen LogP contribution in [0.1, 0.15) is 10.5 Å². The Kier molecular flexibility index (Phi) is 3.24. The maximum absolute atomic E-state index is 11.9. The number of hydrogen-bond acceptors (Lipinski definition) is 3. The van der Waals surface area contributed by atoms with Crippen molar-refractivity contribution < 1.29 is 4.79 Å². The summed E-state index contributed by atoms with van der Waals surface area (Å²) < 4.78 is 1.70. The molecule has 0 fully saturated rings. The van der Waals surface area contributed by atoms with E-state index in [9.17, 15) is 4.79 Å². The molecule has 2 heterocycles. The Hall–Kier alpha value is -2.95. The molecule has 3 aromatic rings. The van der Waals surface area contributed by atoms with Gasteiger partial charge in [-0.2, -0.15) is 5.10 Å². The lowest BCUT2D eigenvalue weighted by Gasteiger charge is -2.01. The van der Waals surface area contributed by atoms with Crippen LogP contribution in [0.4, 0.5) is 5.69 Å². The van der Waals surface area contributed by atoms with E-state index in [2.05, 4.69) is 15.4 Å². The van der Waals surface area contributed by atoms with Gasteiger partial charge in [0, 0.05) is 6.20 Å². The normalized spacial score (nSPS) is 10.2. The fraction of sp³-hybridized carbons (Fsp3) is 0. The van der Waals surface area contributed by atoms with Crippen molar-refractivity contribution in [1.29, 1.82) is 0 Å². The molecule has 0 saturated heterocycles. The number of nitrogens with one attached hydrogen (secondary N) is 1. The van der Waals surface area contributed by atoms with Gasteiger partial charge in [-0.15, -0.1) is 0 Å². The van der Waals surface area contributed by atoms with Crippen LogP contribution in [0.2, 0.25) is 0 Å². The largest absolute Gasteiger partial charge is 0.318 e. The zero-order chi connectivity index (χ0) is 13.8. The number of benzene rings is 1. The Bertz CT molecular complexity index is 707. The van der Waals surface area contributed by atoms with Crippen molar-refractivity contribution in [2.24, 2.45) is 0 Å². The first-order valence-electron chi connectivity index (χ1n) is 6.15. The molecule has 98 valence electrons. The molecule has 1 amide bonds. The van der Waals surface area contributed by atoms with Gasteiger partial charge in [0.15, 0.2) is 0 Å². The van der Waals surface area contributed by atoms with Gasteiger partial charge in [-0.05, 0) is 24.3 Å². The topological polar surface area (TPSA) is 59.8 Å². The second-order valence-corrected chi connectivity index (χ2v) is 4.18. The Morgan fingerprint density at radius 3 is 2.60 bits per heavy atom. The first-order valence-corrected chi connectivity index (χ1v) is 6.15. The van der Waals surface area contributed by atoms with Crippen LogP contribution in [-0.4, -0.2) is 20.7 Å². The zero-order valence-electron chi connectivity index (χ0n) is 10.6. The number of carbonyl (C=O) groups is 1. The van der Waals surface area contributed by atoms with Gasteiger partial charge in [0.05, 0.1) is 23.8 Å². The van der Waals surface area contributed by atoms with E-state index < -0.39 is 0 Å². The van der Waals surface area contributed by atoms with E-state index in [4.69, 9.17) is 0 Å². The molecule has 0 aliphatic carbocycles. The van der Waals surface area contributed by atoms with Crippen molar-refractivity contribution in [3.05, 3.63) is 72.8 Å². The molecular weight excluding hydrogens is 252 g/mol. The number of rotatable bonds is 3. The highest BCUT2D eigenvalue weighted by Crippen LogP contribution is 2.12. The molecule has 0 radical (unpaired) electrons. The fourth-order valence-electron chi connectivity index (χ4n) is 1.80. The molecule has 5 nitrogen and oxygen atoms in total. The van der Waals surface area contributed by atoms with Crippen molar-refractivity contribution in [1.82, 2.24) is 14.8 Å². The summed E-state index contributed by atoms with van der Waals surface area (Å²) in [5.74, 6) is -0.252. The summed E-state index contributed by atoms with van der Waals surface area (Å²) in [5, 5.41) is 6.98. The molecule has 1 aromatic carbocycles. The van der Waals surface area contributed by atoms with Gasteiger partial charge in [-0.3, -0.25) is 9.78 Å². The van der Waals surface area contributed by atoms with Gasteiger partial charge in [0.1, 0.15) is 5.69 Å². The minimum atomic E-state index is -0.252. The predicted molar refractivity (Wildman–Crippen MR) is 75.8 cm³/mol. The predicted octanol–water partition coefficient (Wildman–Crippen LogP) is 2.52. The average Bonchev–Trinajstić information content (AvgIpc) is 2.97. The Morgan fingerprint density at radius 2 is 1.85 bits per heavy atom. The molecule has 0 spiro atoms. The highest BCUT2D eigenvalue weighted by atomic mass is 16.1. The van der Waals surface area contributed by atoms with Gasteiger partial charge in [-0.25, -0.2) is 4.68 Å². The second-order valence-electron chi connectivity index (χ2n) is 4.18. The Labute approximate surface area is 115 Å². The lowest BCUT2D eigenvalue weighted by molar-refractivity contribution is 0.102. The molecule has 2 aromatic heterocycles. The van der Waals surface area contributed by atoms with Gasteiger partial charge < -0.3 is 5.32 Å². The summed E-state index contributed by atoms with van der Waals surface area (Å²) in [7, 11) is 0. The van der Waals surface area contributed by atoms with Gasteiger partial charge >= 0.3 is 0 Å². The molecule has 0 bridgehead atoms. The summed E-state index contributed by atoms with van der Waals surface area (Å²) in [5.41, 5.74) is 1.94. The monoisotopic (exact) mass is 264 g/mol. The van der Waals surface area contributed by atoms with Crippen LogP contribution in [0.15, 0.2) is 67.1 Å². The van der Waals surface area contributed by atoms with Crippen LogP contribution in [-0.2, 0) is 0 Å². The third-order valence-electron chi connectivity index (χ3n) is 2.76. The molecule has 0 aliphatic rings. The molecule has 3 rings (SSSR count). The minimum Gasteiger partial charge on any atom is -0.318 e. The van der Waals surface area contributed by atoms with E-state index >= 15 is 0 Å². The fourth-order valence-corrected chi connectivity index (χ4v) is 1.80. The molecule has 0 aliphatic heterocycles. The molecule has 5 heteroatoms. The van der Waals surface area contributed by atoms with Gasteiger partial charge in [-0.1, -0.05) is 24.3 Å². The van der Waals surface area contributed by atoms with Crippen molar-refractivity contribution in [3.63, 3.8) is 0 Å². The molecule has 0 saturated carbocycles. The summed E-state index contributed by atoms with van der Waals surface area (Å²) in [4.78, 5) is 15.9. The lowest BCUT2D eigenvalue weighted by Crippen LogP contribution is -2.12. The van der Waals surface area contributed by atoms with Crippen molar-refractivity contribution in [2.45, 2.75) is 0 Å². The first-order chi connectivity index (χ1) is 9.83. The van der Waals surface area contributed by atoms with Crippen molar-refractivity contribution >= 4 is 11.6 Å². The molecular formula is C15H12N4O. The van der Waals surface area contributed by atoms with Crippen LogP contribution in [0.3, 0.4) is 0 Å². The van der Waals surface area contributed by atoms with Crippen molar-refractivity contribution in [3.8, 4) is 5.69 Å².